The number of carbonyl (C=O) groups is 6. The number of aryl methyl sites for hydroxylation is 1. The molecule has 332 valence electrons. The number of nitrogens with one attached hydrogen (secondary N) is 1. The largest absolute Gasteiger partial charge is 0.484 e. The number of ether oxygens (including phenoxy) is 1. The van der Waals surface area contributed by atoms with E-state index in [9.17, 15) is 33.2 Å². The molecule has 15 heteroatoms. The van der Waals surface area contributed by atoms with E-state index in [4.69, 9.17) is 4.74 Å². The van der Waals surface area contributed by atoms with Gasteiger partial charge in [0.1, 0.15) is 17.6 Å². The summed E-state index contributed by atoms with van der Waals surface area (Å²) < 4.78 is 20.7. The van der Waals surface area contributed by atoms with Crippen LogP contribution in [-0.4, -0.2) is 145 Å². The van der Waals surface area contributed by atoms with Gasteiger partial charge in [-0.2, -0.15) is 0 Å². The smallest absolute Gasteiger partial charge is 0.262 e. The van der Waals surface area contributed by atoms with Gasteiger partial charge in [0, 0.05) is 94.5 Å². The summed E-state index contributed by atoms with van der Waals surface area (Å²) in [6.45, 7) is 5.64. The van der Waals surface area contributed by atoms with Gasteiger partial charge in [-0.05, 0) is 106 Å². The Bertz CT molecular complexity index is 2290. The second-order valence-electron chi connectivity index (χ2n) is 18.2. The van der Waals surface area contributed by atoms with Crippen LogP contribution in [0.4, 0.5) is 10.1 Å². The minimum atomic E-state index is -1.06. The number of carbonyl (C=O) groups excluding carboxylic acids is 6. The van der Waals surface area contributed by atoms with Crippen molar-refractivity contribution in [1.82, 2.24) is 29.8 Å². The molecule has 14 nitrogen and oxygen atoms in total. The van der Waals surface area contributed by atoms with Gasteiger partial charge in [0.2, 0.25) is 17.7 Å². The summed E-state index contributed by atoms with van der Waals surface area (Å²) in [6, 6.07) is 18.3. The molecular weight excluding hydrogens is 806 g/mol. The maximum absolute atomic E-state index is 15.0. The Balaban J connectivity index is 0.694. The first-order valence-corrected chi connectivity index (χ1v) is 22.5. The van der Waals surface area contributed by atoms with E-state index in [2.05, 4.69) is 64.4 Å². The van der Waals surface area contributed by atoms with Crippen molar-refractivity contribution >= 4 is 41.1 Å². The molecule has 4 fully saturated rings. The Labute approximate surface area is 367 Å². The summed E-state index contributed by atoms with van der Waals surface area (Å²) in [5, 5.41) is 2.18. The number of imide groups is 2. The van der Waals surface area contributed by atoms with Gasteiger partial charge in [0.05, 0.1) is 11.1 Å². The second-order valence-corrected chi connectivity index (χ2v) is 18.2. The highest BCUT2D eigenvalue weighted by atomic mass is 19.1. The van der Waals surface area contributed by atoms with Crippen LogP contribution in [0.25, 0.3) is 0 Å². The van der Waals surface area contributed by atoms with E-state index in [1.807, 2.05) is 11.0 Å². The average Bonchev–Trinajstić information content (AvgIpc) is 4.00. The van der Waals surface area contributed by atoms with Crippen LogP contribution in [-0.2, 0) is 25.6 Å². The number of likely N-dealkylation sites (N-methyl/N-ethyl adjacent to an activating group) is 1. The SMILES string of the molecule is CN(C)[C@H]1CN(C2CCc3cccc(F)c32)C[C@@H]1c1ccc(N2CCN(C(=O)CCC3CCN(C(=O)COc4ccc5c(c4)C(=O)N(C4CCC(=O)NC4=O)C5=O)CC3)CC2)cc1. The van der Waals surface area contributed by atoms with Gasteiger partial charge < -0.3 is 24.3 Å². The zero-order valence-electron chi connectivity index (χ0n) is 36.1. The minimum Gasteiger partial charge on any atom is -0.484 e. The molecule has 1 aliphatic carbocycles. The fourth-order valence-electron chi connectivity index (χ4n) is 10.8. The van der Waals surface area contributed by atoms with Crippen LogP contribution in [0.1, 0.15) is 94.3 Å². The number of halogens is 1. The van der Waals surface area contributed by atoms with E-state index < -0.39 is 29.7 Å². The van der Waals surface area contributed by atoms with Gasteiger partial charge in [-0.1, -0.05) is 24.3 Å². The van der Waals surface area contributed by atoms with Crippen molar-refractivity contribution in [1.29, 1.82) is 0 Å². The molecule has 1 N–H and O–H groups in total. The maximum atomic E-state index is 15.0. The van der Waals surface area contributed by atoms with Crippen LogP contribution < -0.4 is 15.0 Å². The lowest BCUT2D eigenvalue weighted by Crippen LogP contribution is -2.54. The molecule has 0 radical (unpaired) electrons. The third-order valence-corrected chi connectivity index (χ3v) is 14.4. The highest BCUT2D eigenvalue weighted by Gasteiger charge is 2.45. The van der Waals surface area contributed by atoms with Crippen molar-refractivity contribution < 1.29 is 37.9 Å². The number of anilines is 1. The number of nitrogens with zero attached hydrogens (tertiary/aromatic N) is 6. The standard InChI is InChI=1S/C48H56FN7O7/c1-51(2)41-28-55(39-14-9-32-4-3-5-38(49)45(32)39)27-37(41)31-7-10-33(11-8-31)52-22-24-54(25-23-52)43(58)17-6-30-18-20-53(21-19-30)44(59)29-63-34-12-13-35-36(26-34)48(62)56(47(35)61)40-15-16-42(57)50-46(40)60/h3-5,7-8,10-13,26,30,37,39-41H,6,9,14-25,27-29H2,1-2H3,(H,50,57,60)/t37-,39?,40?,41+/m1/s1. The highest BCUT2D eigenvalue weighted by molar-refractivity contribution is 6.23. The molecule has 6 amide bonds. The molecule has 6 aliphatic rings. The van der Waals surface area contributed by atoms with E-state index in [0.29, 0.717) is 50.5 Å². The molecule has 5 aliphatic heterocycles. The molecule has 0 bridgehead atoms. The van der Waals surface area contributed by atoms with E-state index in [0.717, 1.165) is 80.0 Å². The number of likely N-dealkylation sites (tertiary alicyclic amines) is 2. The van der Waals surface area contributed by atoms with E-state index in [-0.39, 0.29) is 60.0 Å². The van der Waals surface area contributed by atoms with E-state index in [1.54, 1.807) is 11.0 Å². The summed E-state index contributed by atoms with van der Waals surface area (Å²) in [5.74, 6) is -1.50. The lowest BCUT2D eigenvalue weighted by atomic mass is 9.92. The topological polar surface area (TPSA) is 143 Å². The number of fused-ring (bicyclic) bond motifs is 2. The molecule has 9 rings (SSSR count). The number of hydrogen-bond acceptors (Lipinski definition) is 10. The van der Waals surface area contributed by atoms with Crippen LogP contribution in [0.2, 0.25) is 0 Å². The first kappa shape index (κ1) is 42.6. The molecule has 4 atom stereocenters. The molecular formula is C48H56FN7O7. The van der Waals surface area contributed by atoms with Crippen molar-refractivity contribution in [2.45, 2.75) is 75.4 Å². The van der Waals surface area contributed by atoms with Crippen molar-refractivity contribution in [3.05, 3.63) is 94.3 Å². The fourth-order valence-corrected chi connectivity index (χ4v) is 10.8. The van der Waals surface area contributed by atoms with Gasteiger partial charge in [-0.15, -0.1) is 0 Å². The average molecular weight is 862 g/mol. The lowest BCUT2D eigenvalue weighted by molar-refractivity contribution is -0.136. The van der Waals surface area contributed by atoms with Gasteiger partial charge in [-0.25, -0.2) is 4.39 Å². The molecule has 2 unspecified atom stereocenters. The van der Waals surface area contributed by atoms with Crippen LogP contribution in [0.15, 0.2) is 60.7 Å². The Morgan fingerprint density at radius 3 is 2.22 bits per heavy atom. The highest BCUT2D eigenvalue weighted by Crippen LogP contribution is 2.43. The van der Waals surface area contributed by atoms with Gasteiger partial charge >= 0.3 is 0 Å². The van der Waals surface area contributed by atoms with Crippen LogP contribution in [0, 0.1) is 11.7 Å². The Kier molecular flexibility index (Phi) is 12.1. The molecule has 5 heterocycles. The summed E-state index contributed by atoms with van der Waals surface area (Å²) in [6.07, 6.45) is 4.87. The first-order chi connectivity index (χ1) is 30.4. The van der Waals surface area contributed by atoms with Crippen molar-refractivity contribution in [3.8, 4) is 5.75 Å². The van der Waals surface area contributed by atoms with Crippen molar-refractivity contribution in [3.63, 3.8) is 0 Å². The van der Waals surface area contributed by atoms with Crippen LogP contribution in [0.5, 0.6) is 5.75 Å². The first-order valence-electron chi connectivity index (χ1n) is 22.5. The molecule has 0 spiro atoms. The Hall–Kier alpha value is -5.67. The third kappa shape index (κ3) is 8.57. The Morgan fingerprint density at radius 1 is 0.778 bits per heavy atom. The zero-order chi connectivity index (χ0) is 43.9. The second kappa shape index (κ2) is 17.8. The number of hydrogen-bond donors (Lipinski definition) is 1. The van der Waals surface area contributed by atoms with Crippen LogP contribution in [0.3, 0.4) is 0 Å². The molecule has 4 saturated heterocycles. The quantitative estimate of drug-likeness (QED) is 0.282. The monoisotopic (exact) mass is 861 g/mol. The summed E-state index contributed by atoms with van der Waals surface area (Å²) in [7, 11) is 4.29. The molecule has 0 saturated carbocycles. The predicted octanol–water partition coefficient (Wildman–Crippen LogP) is 3.99. The number of piperazine rings is 1. The predicted molar refractivity (Wildman–Crippen MR) is 232 cm³/mol. The Morgan fingerprint density at radius 2 is 1.49 bits per heavy atom. The van der Waals surface area contributed by atoms with Crippen molar-refractivity contribution in [2.24, 2.45) is 5.92 Å². The fraction of sp³-hybridized carbons (Fsp3) is 0.500. The molecule has 63 heavy (non-hydrogen) atoms. The van der Waals surface area contributed by atoms with Gasteiger partial charge in [0.15, 0.2) is 6.61 Å². The number of amides is 6. The van der Waals surface area contributed by atoms with Crippen molar-refractivity contribution in [2.75, 3.05) is 78.0 Å². The summed E-state index contributed by atoms with van der Waals surface area (Å²) >= 11 is 0. The third-order valence-electron chi connectivity index (χ3n) is 14.4. The minimum absolute atomic E-state index is 0.0354. The normalized spacial score (nSPS) is 24.3. The number of piperidine rings is 2. The van der Waals surface area contributed by atoms with Gasteiger partial charge in [0.25, 0.3) is 17.7 Å². The summed E-state index contributed by atoms with van der Waals surface area (Å²) in [4.78, 5) is 88.3. The molecule has 3 aromatic carbocycles. The van der Waals surface area contributed by atoms with E-state index in [1.165, 1.54) is 23.8 Å². The molecule has 0 aromatic heterocycles. The maximum Gasteiger partial charge on any atom is 0.262 e. The number of rotatable bonds is 11. The number of benzene rings is 3. The zero-order valence-corrected chi connectivity index (χ0v) is 36.1. The van der Waals surface area contributed by atoms with E-state index >= 15 is 0 Å². The summed E-state index contributed by atoms with van der Waals surface area (Å²) in [5.41, 5.74) is 4.75. The van der Waals surface area contributed by atoms with Gasteiger partial charge in [-0.3, -0.25) is 43.9 Å². The lowest BCUT2D eigenvalue weighted by Gasteiger charge is -2.37. The van der Waals surface area contributed by atoms with Crippen LogP contribution >= 0.6 is 0 Å². The molecule has 3 aromatic rings.